The van der Waals surface area contributed by atoms with Gasteiger partial charge >= 0.3 is 0 Å². The normalized spacial score (nSPS) is 30.9. The summed E-state index contributed by atoms with van der Waals surface area (Å²) in [6.07, 6.45) is 2.49. The molecule has 0 aromatic heterocycles. The van der Waals surface area contributed by atoms with Gasteiger partial charge < -0.3 is 16.4 Å². The standard InChI is InChI=1S/C14H19N3O/c15-12-7-13(11-4-2-1-3-10(11)12)17-9-5-6-14(18)16-8-9/h1-4,9,12-13,17H,5-8,15H2,(H,16,18). The molecule has 2 aliphatic rings. The molecule has 4 N–H and O–H groups in total. The van der Waals surface area contributed by atoms with E-state index in [1.165, 1.54) is 11.1 Å². The van der Waals surface area contributed by atoms with Gasteiger partial charge in [-0.25, -0.2) is 0 Å². The van der Waals surface area contributed by atoms with Crippen LogP contribution in [0, 0.1) is 0 Å². The molecule has 96 valence electrons. The Labute approximate surface area is 107 Å². The van der Waals surface area contributed by atoms with Crippen LogP contribution in [0.25, 0.3) is 0 Å². The molecule has 0 radical (unpaired) electrons. The lowest BCUT2D eigenvalue weighted by Gasteiger charge is -2.27. The van der Waals surface area contributed by atoms with Crippen LogP contribution in [-0.4, -0.2) is 18.5 Å². The molecule has 1 saturated heterocycles. The van der Waals surface area contributed by atoms with Crippen LogP contribution in [0.2, 0.25) is 0 Å². The first kappa shape index (κ1) is 11.7. The largest absolute Gasteiger partial charge is 0.355 e. The highest BCUT2D eigenvalue weighted by Gasteiger charge is 2.30. The van der Waals surface area contributed by atoms with Gasteiger partial charge in [-0.2, -0.15) is 0 Å². The van der Waals surface area contributed by atoms with E-state index in [0.717, 1.165) is 19.4 Å². The third kappa shape index (κ3) is 2.13. The average Bonchev–Trinajstić information content (AvgIpc) is 2.70. The molecule has 1 aliphatic carbocycles. The van der Waals surface area contributed by atoms with Gasteiger partial charge in [0.15, 0.2) is 0 Å². The summed E-state index contributed by atoms with van der Waals surface area (Å²) >= 11 is 0. The summed E-state index contributed by atoms with van der Waals surface area (Å²) in [5, 5.41) is 6.54. The molecule has 1 aliphatic heterocycles. The Morgan fingerprint density at radius 1 is 1.28 bits per heavy atom. The van der Waals surface area contributed by atoms with E-state index in [1.807, 2.05) is 6.07 Å². The number of amides is 1. The molecule has 1 aromatic carbocycles. The number of piperidine rings is 1. The fourth-order valence-corrected chi connectivity index (χ4v) is 2.99. The van der Waals surface area contributed by atoms with Gasteiger partial charge in [-0.15, -0.1) is 0 Å². The molecule has 1 heterocycles. The fourth-order valence-electron chi connectivity index (χ4n) is 2.99. The number of benzene rings is 1. The zero-order chi connectivity index (χ0) is 12.5. The van der Waals surface area contributed by atoms with E-state index >= 15 is 0 Å². The number of rotatable bonds is 2. The lowest BCUT2D eigenvalue weighted by Crippen LogP contribution is -2.46. The molecular weight excluding hydrogens is 226 g/mol. The molecule has 4 nitrogen and oxygen atoms in total. The number of hydrogen-bond acceptors (Lipinski definition) is 3. The van der Waals surface area contributed by atoms with Crippen LogP contribution < -0.4 is 16.4 Å². The van der Waals surface area contributed by atoms with Crippen LogP contribution in [0.5, 0.6) is 0 Å². The first-order valence-electron chi connectivity index (χ1n) is 6.61. The summed E-state index contributed by atoms with van der Waals surface area (Å²) in [4.78, 5) is 11.1. The Kier molecular flexibility index (Phi) is 3.06. The summed E-state index contributed by atoms with van der Waals surface area (Å²) < 4.78 is 0. The maximum atomic E-state index is 11.1. The smallest absolute Gasteiger partial charge is 0.220 e. The van der Waals surface area contributed by atoms with E-state index in [2.05, 4.69) is 28.8 Å². The van der Waals surface area contributed by atoms with Crippen LogP contribution >= 0.6 is 0 Å². The zero-order valence-electron chi connectivity index (χ0n) is 10.4. The third-order valence-corrected chi connectivity index (χ3v) is 3.96. The van der Waals surface area contributed by atoms with Crippen molar-refractivity contribution in [1.82, 2.24) is 10.6 Å². The minimum atomic E-state index is 0.136. The summed E-state index contributed by atoms with van der Waals surface area (Å²) in [6, 6.07) is 9.21. The number of hydrogen-bond donors (Lipinski definition) is 3. The molecule has 3 unspecified atom stereocenters. The van der Waals surface area contributed by atoms with Gasteiger partial charge in [0, 0.05) is 31.1 Å². The predicted octanol–water partition coefficient (Wildman–Crippen LogP) is 0.999. The first-order valence-corrected chi connectivity index (χ1v) is 6.61. The molecule has 4 heteroatoms. The van der Waals surface area contributed by atoms with Crippen LogP contribution in [0.4, 0.5) is 0 Å². The van der Waals surface area contributed by atoms with Crippen molar-refractivity contribution in [3.05, 3.63) is 35.4 Å². The minimum Gasteiger partial charge on any atom is -0.355 e. The average molecular weight is 245 g/mol. The van der Waals surface area contributed by atoms with Gasteiger partial charge in [-0.3, -0.25) is 4.79 Å². The quantitative estimate of drug-likeness (QED) is 0.728. The van der Waals surface area contributed by atoms with Crippen LogP contribution in [0.1, 0.15) is 42.5 Å². The second kappa shape index (κ2) is 4.71. The zero-order valence-corrected chi connectivity index (χ0v) is 10.4. The lowest BCUT2D eigenvalue weighted by molar-refractivity contribution is -0.122. The van der Waals surface area contributed by atoms with Crippen molar-refractivity contribution in [3.63, 3.8) is 0 Å². The van der Waals surface area contributed by atoms with Crippen LogP contribution in [-0.2, 0) is 4.79 Å². The van der Waals surface area contributed by atoms with Gasteiger partial charge in [0.25, 0.3) is 0 Å². The highest BCUT2D eigenvalue weighted by molar-refractivity contribution is 5.76. The van der Waals surface area contributed by atoms with Crippen molar-refractivity contribution in [2.75, 3.05) is 6.54 Å². The van der Waals surface area contributed by atoms with Crippen LogP contribution in [0.15, 0.2) is 24.3 Å². The molecule has 0 spiro atoms. The number of carbonyl (C=O) groups excluding carboxylic acids is 1. The van der Waals surface area contributed by atoms with Gasteiger partial charge in [0.05, 0.1) is 0 Å². The summed E-state index contributed by atoms with van der Waals surface area (Å²) in [6.45, 7) is 0.729. The molecular formula is C14H19N3O. The highest BCUT2D eigenvalue weighted by Crippen LogP contribution is 2.37. The van der Waals surface area contributed by atoms with Crippen molar-refractivity contribution in [3.8, 4) is 0 Å². The van der Waals surface area contributed by atoms with Gasteiger partial charge in [-0.1, -0.05) is 24.3 Å². The molecule has 0 bridgehead atoms. The molecule has 1 aromatic rings. The van der Waals surface area contributed by atoms with E-state index < -0.39 is 0 Å². The Hall–Kier alpha value is -1.39. The monoisotopic (exact) mass is 245 g/mol. The van der Waals surface area contributed by atoms with E-state index in [9.17, 15) is 4.79 Å². The maximum absolute atomic E-state index is 11.1. The summed E-state index contributed by atoms with van der Waals surface area (Å²) in [5.74, 6) is 0.163. The van der Waals surface area contributed by atoms with Crippen molar-refractivity contribution in [2.24, 2.45) is 5.73 Å². The third-order valence-electron chi connectivity index (χ3n) is 3.96. The predicted molar refractivity (Wildman–Crippen MR) is 69.9 cm³/mol. The lowest BCUT2D eigenvalue weighted by atomic mass is 10.0. The number of fused-ring (bicyclic) bond motifs is 1. The van der Waals surface area contributed by atoms with Crippen molar-refractivity contribution in [1.29, 1.82) is 0 Å². The van der Waals surface area contributed by atoms with Gasteiger partial charge in [0.2, 0.25) is 5.91 Å². The van der Waals surface area contributed by atoms with E-state index in [1.54, 1.807) is 0 Å². The highest BCUT2D eigenvalue weighted by atomic mass is 16.1. The maximum Gasteiger partial charge on any atom is 0.220 e. The topological polar surface area (TPSA) is 67.1 Å². The van der Waals surface area contributed by atoms with Crippen molar-refractivity contribution < 1.29 is 4.79 Å². The van der Waals surface area contributed by atoms with E-state index in [4.69, 9.17) is 5.73 Å². The van der Waals surface area contributed by atoms with Crippen molar-refractivity contribution in [2.45, 2.75) is 37.4 Å². The number of nitrogens with one attached hydrogen (secondary N) is 2. The minimum absolute atomic E-state index is 0.136. The van der Waals surface area contributed by atoms with Gasteiger partial charge in [-0.05, 0) is 24.0 Å². The Bertz CT molecular complexity index is 450. The Morgan fingerprint density at radius 2 is 2.06 bits per heavy atom. The molecule has 1 amide bonds. The van der Waals surface area contributed by atoms with Crippen LogP contribution in [0.3, 0.4) is 0 Å². The number of nitrogens with two attached hydrogens (primary N) is 1. The number of carbonyl (C=O) groups is 1. The molecule has 1 fully saturated rings. The second-order valence-corrected chi connectivity index (χ2v) is 5.23. The Balaban J connectivity index is 1.70. The SMILES string of the molecule is NC1CC(NC2CCC(=O)NC2)c2ccccc21. The molecule has 0 saturated carbocycles. The fraction of sp³-hybridized carbons (Fsp3) is 0.500. The summed E-state index contributed by atoms with van der Waals surface area (Å²) in [7, 11) is 0. The van der Waals surface area contributed by atoms with E-state index in [0.29, 0.717) is 18.5 Å². The first-order chi connectivity index (χ1) is 8.74. The summed E-state index contributed by atoms with van der Waals surface area (Å²) in [5.41, 5.74) is 8.73. The van der Waals surface area contributed by atoms with E-state index in [-0.39, 0.29) is 11.9 Å². The molecule has 3 rings (SSSR count). The molecule has 18 heavy (non-hydrogen) atoms. The van der Waals surface area contributed by atoms with Gasteiger partial charge in [0.1, 0.15) is 0 Å². The second-order valence-electron chi connectivity index (χ2n) is 5.23. The Morgan fingerprint density at radius 3 is 2.78 bits per heavy atom. The molecule has 3 atom stereocenters. The van der Waals surface area contributed by atoms with Crippen molar-refractivity contribution >= 4 is 5.91 Å².